The molecule has 1 aromatic carbocycles. The van der Waals surface area contributed by atoms with Crippen LogP contribution in [-0.2, 0) is 0 Å². The molecule has 1 unspecified atom stereocenters. The summed E-state index contributed by atoms with van der Waals surface area (Å²) in [6, 6.07) is 12.4. The SMILES string of the molecule is CC(C)C(C)CNc1ccc2ccccc2n1. The van der Waals surface area contributed by atoms with Gasteiger partial charge in [-0.2, -0.15) is 0 Å². The Labute approximate surface area is 103 Å². The molecule has 2 aromatic rings. The minimum Gasteiger partial charge on any atom is -0.370 e. The van der Waals surface area contributed by atoms with Gasteiger partial charge in [0.15, 0.2) is 0 Å². The third kappa shape index (κ3) is 2.96. The number of aromatic nitrogens is 1. The van der Waals surface area contributed by atoms with Gasteiger partial charge in [-0.3, -0.25) is 0 Å². The first-order valence-corrected chi connectivity index (χ1v) is 6.26. The molecule has 2 nitrogen and oxygen atoms in total. The summed E-state index contributed by atoms with van der Waals surface area (Å²) < 4.78 is 0. The smallest absolute Gasteiger partial charge is 0.126 e. The van der Waals surface area contributed by atoms with Crippen molar-refractivity contribution < 1.29 is 0 Å². The Morgan fingerprint density at radius 1 is 1.06 bits per heavy atom. The fourth-order valence-electron chi connectivity index (χ4n) is 1.67. The summed E-state index contributed by atoms with van der Waals surface area (Å²) in [5.74, 6) is 2.32. The van der Waals surface area contributed by atoms with Crippen LogP contribution in [0.4, 0.5) is 5.82 Å². The van der Waals surface area contributed by atoms with E-state index in [2.05, 4.69) is 49.3 Å². The lowest BCUT2D eigenvalue weighted by atomic mass is 9.98. The van der Waals surface area contributed by atoms with E-state index in [-0.39, 0.29) is 0 Å². The lowest BCUT2D eigenvalue weighted by Crippen LogP contribution is -2.16. The highest BCUT2D eigenvalue weighted by molar-refractivity contribution is 5.79. The highest BCUT2D eigenvalue weighted by Crippen LogP contribution is 2.16. The van der Waals surface area contributed by atoms with Gasteiger partial charge in [0.2, 0.25) is 0 Å². The predicted molar refractivity (Wildman–Crippen MR) is 74.2 cm³/mol. The van der Waals surface area contributed by atoms with E-state index in [9.17, 15) is 0 Å². The van der Waals surface area contributed by atoms with Crippen LogP contribution in [0.1, 0.15) is 20.8 Å². The van der Waals surface area contributed by atoms with Gasteiger partial charge in [0.1, 0.15) is 5.82 Å². The molecule has 1 heterocycles. The molecule has 0 bridgehead atoms. The van der Waals surface area contributed by atoms with Crippen molar-refractivity contribution in [3.63, 3.8) is 0 Å². The molecule has 0 aliphatic carbocycles. The number of nitrogens with zero attached hydrogens (tertiary/aromatic N) is 1. The number of rotatable bonds is 4. The van der Waals surface area contributed by atoms with E-state index in [1.807, 2.05) is 18.2 Å². The standard InChI is InChI=1S/C15H20N2/c1-11(2)12(3)10-16-15-9-8-13-6-4-5-7-14(13)17-15/h4-9,11-12H,10H2,1-3H3,(H,16,17). The molecule has 0 saturated carbocycles. The number of pyridine rings is 1. The first-order chi connectivity index (χ1) is 8.16. The molecular weight excluding hydrogens is 208 g/mol. The quantitative estimate of drug-likeness (QED) is 0.857. The Kier molecular flexibility index (Phi) is 3.62. The van der Waals surface area contributed by atoms with E-state index in [0.29, 0.717) is 11.8 Å². The maximum atomic E-state index is 4.60. The Balaban J connectivity index is 2.09. The number of hydrogen-bond donors (Lipinski definition) is 1. The number of nitrogens with one attached hydrogen (secondary N) is 1. The van der Waals surface area contributed by atoms with E-state index in [0.717, 1.165) is 17.9 Å². The van der Waals surface area contributed by atoms with E-state index in [4.69, 9.17) is 0 Å². The molecule has 17 heavy (non-hydrogen) atoms. The first kappa shape index (κ1) is 11.9. The van der Waals surface area contributed by atoms with Gasteiger partial charge < -0.3 is 5.32 Å². The van der Waals surface area contributed by atoms with Crippen LogP contribution in [0.5, 0.6) is 0 Å². The summed E-state index contributed by atoms with van der Waals surface area (Å²) in [4.78, 5) is 4.60. The Morgan fingerprint density at radius 3 is 2.59 bits per heavy atom. The van der Waals surface area contributed by atoms with Crippen molar-refractivity contribution in [3.8, 4) is 0 Å². The zero-order chi connectivity index (χ0) is 12.3. The number of benzene rings is 1. The molecule has 0 aliphatic heterocycles. The highest BCUT2D eigenvalue weighted by Gasteiger charge is 2.06. The maximum absolute atomic E-state index is 4.60. The summed E-state index contributed by atoms with van der Waals surface area (Å²) in [7, 11) is 0. The summed E-state index contributed by atoms with van der Waals surface area (Å²) in [5.41, 5.74) is 1.05. The molecule has 0 fully saturated rings. The Bertz CT molecular complexity index is 491. The monoisotopic (exact) mass is 228 g/mol. The van der Waals surface area contributed by atoms with Gasteiger partial charge in [0.05, 0.1) is 5.52 Å². The minimum atomic E-state index is 0.656. The van der Waals surface area contributed by atoms with Crippen molar-refractivity contribution >= 4 is 16.7 Å². The lowest BCUT2D eigenvalue weighted by Gasteiger charge is -2.16. The molecule has 0 aliphatic rings. The van der Waals surface area contributed by atoms with Gasteiger partial charge in [0, 0.05) is 11.9 Å². The van der Waals surface area contributed by atoms with Gasteiger partial charge in [-0.05, 0) is 30.0 Å². The largest absolute Gasteiger partial charge is 0.370 e. The number of para-hydroxylation sites is 1. The predicted octanol–water partition coefficient (Wildman–Crippen LogP) is 3.94. The molecule has 90 valence electrons. The van der Waals surface area contributed by atoms with Gasteiger partial charge in [-0.15, -0.1) is 0 Å². The van der Waals surface area contributed by atoms with E-state index in [1.165, 1.54) is 5.39 Å². The van der Waals surface area contributed by atoms with Crippen molar-refractivity contribution in [2.75, 3.05) is 11.9 Å². The topological polar surface area (TPSA) is 24.9 Å². The Hall–Kier alpha value is -1.57. The van der Waals surface area contributed by atoms with Gasteiger partial charge in [0.25, 0.3) is 0 Å². The average Bonchev–Trinajstić information content (AvgIpc) is 2.35. The summed E-state index contributed by atoms with van der Waals surface area (Å²) in [5, 5.41) is 4.60. The molecular formula is C15H20N2. The maximum Gasteiger partial charge on any atom is 0.126 e. The molecule has 1 N–H and O–H groups in total. The molecule has 0 spiro atoms. The van der Waals surface area contributed by atoms with Crippen molar-refractivity contribution in [3.05, 3.63) is 36.4 Å². The van der Waals surface area contributed by atoms with Crippen molar-refractivity contribution in [2.45, 2.75) is 20.8 Å². The summed E-state index contributed by atoms with van der Waals surface area (Å²) >= 11 is 0. The minimum absolute atomic E-state index is 0.656. The number of hydrogen-bond acceptors (Lipinski definition) is 2. The van der Waals surface area contributed by atoms with Gasteiger partial charge in [-0.1, -0.05) is 39.0 Å². The molecule has 0 radical (unpaired) electrons. The summed E-state index contributed by atoms with van der Waals surface area (Å²) in [6.45, 7) is 7.74. The van der Waals surface area contributed by atoms with Crippen LogP contribution in [0, 0.1) is 11.8 Å². The second-order valence-corrected chi connectivity index (χ2v) is 4.99. The second-order valence-electron chi connectivity index (χ2n) is 4.99. The second kappa shape index (κ2) is 5.17. The number of anilines is 1. The van der Waals surface area contributed by atoms with Crippen LogP contribution in [-0.4, -0.2) is 11.5 Å². The van der Waals surface area contributed by atoms with Crippen LogP contribution >= 0.6 is 0 Å². The van der Waals surface area contributed by atoms with Crippen LogP contribution in [0.15, 0.2) is 36.4 Å². The van der Waals surface area contributed by atoms with Crippen LogP contribution < -0.4 is 5.32 Å². The normalized spacial score (nSPS) is 12.9. The fourth-order valence-corrected chi connectivity index (χ4v) is 1.67. The number of fused-ring (bicyclic) bond motifs is 1. The van der Waals surface area contributed by atoms with Gasteiger partial charge >= 0.3 is 0 Å². The zero-order valence-corrected chi connectivity index (χ0v) is 10.8. The lowest BCUT2D eigenvalue weighted by molar-refractivity contribution is 0.439. The molecule has 2 heteroatoms. The molecule has 0 amide bonds. The van der Waals surface area contributed by atoms with Crippen LogP contribution in [0.2, 0.25) is 0 Å². The zero-order valence-electron chi connectivity index (χ0n) is 10.8. The van der Waals surface area contributed by atoms with Crippen LogP contribution in [0.25, 0.3) is 10.9 Å². The Morgan fingerprint density at radius 2 is 1.82 bits per heavy atom. The average molecular weight is 228 g/mol. The first-order valence-electron chi connectivity index (χ1n) is 6.26. The van der Waals surface area contributed by atoms with Gasteiger partial charge in [-0.25, -0.2) is 4.98 Å². The van der Waals surface area contributed by atoms with Crippen molar-refractivity contribution in [1.29, 1.82) is 0 Å². The molecule has 1 atom stereocenters. The summed E-state index contributed by atoms with van der Waals surface area (Å²) in [6.07, 6.45) is 0. The molecule has 0 saturated heterocycles. The third-order valence-electron chi connectivity index (χ3n) is 3.34. The fraction of sp³-hybridized carbons (Fsp3) is 0.400. The van der Waals surface area contributed by atoms with E-state index in [1.54, 1.807) is 0 Å². The van der Waals surface area contributed by atoms with Crippen molar-refractivity contribution in [2.24, 2.45) is 11.8 Å². The van der Waals surface area contributed by atoms with Crippen molar-refractivity contribution in [1.82, 2.24) is 4.98 Å². The highest BCUT2D eigenvalue weighted by atomic mass is 15.0. The molecule has 2 rings (SSSR count). The van der Waals surface area contributed by atoms with Crippen LogP contribution in [0.3, 0.4) is 0 Å². The van der Waals surface area contributed by atoms with E-state index < -0.39 is 0 Å². The van der Waals surface area contributed by atoms with E-state index >= 15 is 0 Å². The molecule has 1 aromatic heterocycles. The third-order valence-corrected chi connectivity index (χ3v) is 3.34.